The minimum atomic E-state index is 0.258. The number of hydrogen-bond donors (Lipinski definition) is 0. The molecule has 0 spiro atoms. The van der Waals surface area contributed by atoms with Gasteiger partial charge in [0.2, 0.25) is 0 Å². The Morgan fingerprint density at radius 3 is 2.58 bits per heavy atom. The van der Waals surface area contributed by atoms with Gasteiger partial charge in [-0.1, -0.05) is 28.1 Å². The lowest BCUT2D eigenvalue weighted by atomic mass is 10.1. The zero-order valence-corrected chi connectivity index (χ0v) is 13.7. The van der Waals surface area contributed by atoms with Gasteiger partial charge in [0, 0.05) is 34.9 Å². The highest BCUT2D eigenvalue weighted by molar-refractivity contribution is 9.10. The molecule has 1 aromatic carbocycles. The zero-order valence-electron chi connectivity index (χ0n) is 10.5. The molecule has 0 amide bonds. The second-order valence-electron chi connectivity index (χ2n) is 4.65. The van der Waals surface area contributed by atoms with E-state index < -0.39 is 0 Å². The minimum Gasteiger partial charge on any atom is -0.335 e. The number of imidazole rings is 1. The van der Waals surface area contributed by atoms with Crippen LogP contribution in [0.25, 0.3) is 0 Å². The average Bonchev–Trinajstić information content (AvgIpc) is 3.05. The van der Waals surface area contributed by atoms with Crippen LogP contribution >= 0.6 is 39.5 Å². The van der Waals surface area contributed by atoms with Gasteiger partial charge < -0.3 is 4.57 Å². The summed E-state index contributed by atoms with van der Waals surface area (Å²) >= 11 is 7.68. The predicted molar refractivity (Wildman–Crippen MR) is 87.7 cm³/mol. The molecule has 1 aliphatic rings. The van der Waals surface area contributed by atoms with Crippen LogP contribution in [-0.2, 0) is 13.0 Å². The third-order valence-corrected chi connectivity index (χ3v) is 7.09. The largest absolute Gasteiger partial charge is 0.335 e. The maximum Gasteiger partial charge on any atom is 0.0946 e. The molecule has 0 atom stereocenters. The molecule has 19 heavy (non-hydrogen) atoms. The molecule has 2 aromatic rings. The van der Waals surface area contributed by atoms with Crippen LogP contribution in [0.4, 0.5) is 0 Å². The molecular formula is C14H15BrN2S2. The molecule has 1 fully saturated rings. The van der Waals surface area contributed by atoms with Crippen molar-refractivity contribution in [2.75, 3.05) is 11.5 Å². The van der Waals surface area contributed by atoms with Crippen molar-refractivity contribution >= 4 is 39.5 Å². The summed E-state index contributed by atoms with van der Waals surface area (Å²) < 4.78 is 3.60. The lowest BCUT2D eigenvalue weighted by molar-refractivity contribution is 0.625. The van der Waals surface area contributed by atoms with Crippen LogP contribution < -0.4 is 0 Å². The first-order valence-corrected chi connectivity index (χ1v) is 9.00. The van der Waals surface area contributed by atoms with E-state index in [9.17, 15) is 0 Å². The third kappa shape index (κ3) is 3.38. The first-order chi connectivity index (χ1) is 9.26. The van der Waals surface area contributed by atoms with Crippen LogP contribution in [0, 0.1) is 0 Å². The summed E-state index contributed by atoms with van der Waals surface area (Å²) in [7, 11) is 0. The maximum atomic E-state index is 4.15. The molecule has 0 bridgehead atoms. The Labute approximate surface area is 130 Å². The van der Waals surface area contributed by atoms with Gasteiger partial charge in [0.15, 0.2) is 0 Å². The summed E-state index contributed by atoms with van der Waals surface area (Å²) in [4.78, 5) is 4.15. The van der Waals surface area contributed by atoms with E-state index in [1.807, 2.05) is 12.5 Å². The molecular weight excluding hydrogens is 340 g/mol. The van der Waals surface area contributed by atoms with Crippen molar-refractivity contribution in [3.8, 4) is 0 Å². The van der Waals surface area contributed by atoms with Gasteiger partial charge in [-0.3, -0.25) is 0 Å². The van der Waals surface area contributed by atoms with E-state index in [2.05, 4.69) is 79.5 Å². The second-order valence-corrected chi connectivity index (χ2v) is 8.78. The monoisotopic (exact) mass is 354 g/mol. The van der Waals surface area contributed by atoms with Crippen LogP contribution in [-0.4, -0.2) is 25.1 Å². The number of rotatable bonds is 4. The van der Waals surface area contributed by atoms with Gasteiger partial charge in [0.05, 0.1) is 10.4 Å². The van der Waals surface area contributed by atoms with Crippen molar-refractivity contribution in [1.82, 2.24) is 9.55 Å². The Hall–Kier alpha value is -0.390. The van der Waals surface area contributed by atoms with Crippen molar-refractivity contribution in [3.63, 3.8) is 0 Å². The predicted octanol–water partition coefficient (Wildman–Crippen LogP) is 4.06. The zero-order chi connectivity index (χ0) is 13.1. The molecule has 5 heteroatoms. The van der Waals surface area contributed by atoms with E-state index in [0.29, 0.717) is 0 Å². The van der Waals surface area contributed by atoms with E-state index in [1.165, 1.54) is 17.1 Å². The highest BCUT2D eigenvalue weighted by atomic mass is 79.9. The van der Waals surface area contributed by atoms with E-state index in [-0.39, 0.29) is 4.08 Å². The van der Waals surface area contributed by atoms with Crippen LogP contribution in [0.15, 0.2) is 47.5 Å². The van der Waals surface area contributed by atoms with Gasteiger partial charge in [-0.15, -0.1) is 23.5 Å². The molecule has 0 unspecified atom stereocenters. The summed E-state index contributed by atoms with van der Waals surface area (Å²) in [5.41, 5.74) is 1.41. The molecule has 0 saturated carbocycles. The number of aromatic nitrogens is 2. The van der Waals surface area contributed by atoms with Crippen LogP contribution in [0.3, 0.4) is 0 Å². The smallest absolute Gasteiger partial charge is 0.0946 e. The fourth-order valence-corrected chi connectivity index (χ4v) is 5.84. The van der Waals surface area contributed by atoms with E-state index >= 15 is 0 Å². The fourth-order valence-electron chi connectivity index (χ4n) is 2.32. The Bertz CT molecular complexity index is 519. The standard InChI is InChI=1S/C14H15BrN2S2/c15-13-3-1-12(2-4-13)9-14(18-7-8-19-14)10-17-6-5-16-11-17/h1-6,11H,7-10H2. The second kappa shape index (κ2) is 5.94. The number of benzene rings is 1. The summed E-state index contributed by atoms with van der Waals surface area (Å²) in [6.07, 6.45) is 6.94. The number of hydrogen-bond acceptors (Lipinski definition) is 3. The summed E-state index contributed by atoms with van der Waals surface area (Å²) in [6, 6.07) is 8.70. The molecule has 0 radical (unpaired) electrons. The van der Waals surface area contributed by atoms with Gasteiger partial charge in [-0.05, 0) is 24.1 Å². The van der Waals surface area contributed by atoms with Gasteiger partial charge in [0.25, 0.3) is 0 Å². The lowest BCUT2D eigenvalue weighted by Gasteiger charge is -2.27. The Morgan fingerprint density at radius 1 is 1.21 bits per heavy atom. The summed E-state index contributed by atoms with van der Waals surface area (Å²) in [5, 5.41) is 0. The molecule has 1 aromatic heterocycles. The number of thioether (sulfide) groups is 2. The summed E-state index contributed by atoms with van der Waals surface area (Å²) in [5.74, 6) is 2.49. The van der Waals surface area contributed by atoms with Crippen molar-refractivity contribution in [3.05, 3.63) is 53.0 Å². The van der Waals surface area contributed by atoms with Crippen molar-refractivity contribution in [1.29, 1.82) is 0 Å². The highest BCUT2D eigenvalue weighted by Gasteiger charge is 2.36. The lowest BCUT2D eigenvalue weighted by Crippen LogP contribution is -2.27. The highest BCUT2D eigenvalue weighted by Crippen LogP contribution is 2.47. The topological polar surface area (TPSA) is 17.8 Å². The van der Waals surface area contributed by atoms with E-state index in [4.69, 9.17) is 0 Å². The van der Waals surface area contributed by atoms with E-state index in [0.717, 1.165) is 17.4 Å². The Kier molecular flexibility index (Phi) is 4.24. The van der Waals surface area contributed by atoms with Gasteiger partial charge in [0.1, 0.15) is 0 Å². The van der Waals surface area contributed by atoms with Crippen molar-refractivity contribution in [2.45, 2.75) is 17.0 Å². The molecule has 3 rings (SSSR count). The molecule has 1 saturated heterocycles. The van der Waals surface area contributed by atoms with Crippen LogP contribution in [0.1, 0.15) is 5.56 Å². The molecule has 0 aliphatic carbocycles. The first-order valence-electron chi connectivity index (χ1n) is 6.24. The summed E-state index contributed by atoms with van der Waals surface area (Å²) in [6.45, 7) is 1.03. The normalized spacial score (nSPS) is 17.7. The van der Waals surface area contributed by atoms with Crippen molar-refractivity contribution in [2.24, 2.45) is 0 Å². The van der Waals surface area contributed by atoms with Gasteiger partial charge in [-0.25, -0.2) is 4.98 Å². The fraction of sp³-hybridized carbons (Fsp3) is 0.357. The van der Waals surface area contributed by atoms with Crippen molar-refractivity contribution < 1.29 is 0 Å². The van der Waals surface area contributed by atoms with Crippen LogP contribution in [0.5, 0.6) is 0 Å². The molecule has 1 aliphatic heterocycles. The number of nitrogens with zero attached hydrogens (tertiary/aromatic N) is 2. The number of halogens is 1. The Balaban J connectivity index is 1.78. The SMILES string of the molecule is Brc1ccc(CC2(Cn3ccnc3)SCCS2)cc1. The molecule has 2 heterocycles. The maximum absolute atomic E-state index is 4.15. The molecule has 2 nitrogen and oxygen atoms in total. The molecule has 0 N–H and O–H groups in total. The first kappa shape index (κ1) is 13.6. The minimum absolute atomic E-state index is 0.258. The molecule has 100 valence electrons. The Morgan fingerprint density at radius 2 is 1.95 bits per heavy atom. The van der Waals surface area contributed by atoms with Gasteiger partial charge in [-0.2, -0.15) is 0 Å². The van der Waals surface area contributed by atoms with E-state index in [1.54, 1.807) is 0 Å². The third-order valence-electron chi connectivity index (χ3n) is 3.18. The van der Waals surface area contributed by atoms with Gasteiger partial charge >= 0.3 is 0 Å². The quantitative estimate of drug-likeness (QED) is 0.824. The van der Waals surface area contributed by atoms with Crippen LogP contribution in [0.2, 0.25) is 0 Å². The average molecular weight is 355 g/mol.